The number of aryl methyl sites for hydroxylation is 1. The monoisotopic (exact) mass is 513 g/mol. The summed E-state index contributed by atoms with van der Waals surface area (Å²) in [5.74, 6) is 0.176. The van der Waals surface area contributed by atoms with Crippen LogP contribution in [0.4, 0.5) is 0 Å². The number of imide groups is 1. The highest BCUT2D eigenvalue weighted by Crippen LogP contribution is 2.27. The predicted molar refractivity (Wildman–Crippen MR) is 146 cm³/mol. The minimum atomic E-state index is -1.18. The van der Waals surface area contributed by atoms with E-state index in [1.165, 1.54) is 10.5 Å². The molecule has 1 heterocycles. The molecular formula is C32H35NO5. The molecule has 6 nitrogen and oxygen atoms in total. The van der Waals surface area contributed by atoms with Crippen molar-refractivity contribution in [2.24, 2.45) is 0 Å². The average Bonchev–Trinajstić information content (AvgIpc) is 3.15. The van der Waals surface area contributed by atoms with Crippen molar-refractivity contribution in [2.45, 2.75) is 58.5 Å². The molecule has 0 radical (unpaired) electrons. The summed E-state index contributed by atoms with van der Waals surface area (Å²) in [4.78, 5) is 39.4. The zero-order valence-corrected chi connectivity index (χ0v) is 22.5. The number of rotatable bonds is 11. The number of hydrogen-bond acceptors (Lipinski definition) is 5. The summed E-state index contributed by atoms with van der Waals surface area (Å²) in [5, 5.41) is 0. The van der Waals surface area contributed by atoms with Crippen molar-refractivity contribution in [3.8, 4) is 5.75 Å². The third kappa shape index (κ3) is 5.96. The Bertz CT molecular complexity index is 1260. The van der Waals surface area contributed by atoms with Gasteiger partial charge in [0.25, 0.3) is 11.8 Å². The van der Waals surface area contributed by atoms with Crippen LogP contribution in [0.3, 0.4) is 0 Å². The quantitative estimate of drug-likeness (QED) is 0.233. The number of ether oxygens (including phenoxy) is 2. The Morgan fingerprint density at radius 2 is 1.45 bits per heavy atom. The Balaban J connectivity index is 1.38. The van der Waals surface area contributed by atoms with Gasteiger partial charge in [0.2, 0.25) is 5.60 Å². The number of benzene rings is 3. The summed E-state index contributed by atoms with van der Waals surface area (Å²) in [6.45, 7) is 8.46. The highest BCUT2D eigenvalue weighted by molar-refractivity contribution is 6.21. The lowest BCUT2D eigenvalue weighted by Crippen LogP contribution is -2.45. The van der Waals surface area contributed by atoms with Crippen molar-refractivity contribution < 1.29 is 23.9 Å². The maximum absolute atomic E-state index is 12.9. The largest absolute Gasteiger partial charge is 0.476 e. The lowest BCUT2D eigenvalue weighted by atomic mass is 9.94. The predicted octanol–water partition coefficient (Wildman–Crippen LogP) is 5.98. The van der Waals surface area contributed by atoms with Crippen LogP contribution in [-0.4, -0.2) is 41.4 Å². The number of nitrogens with zero attached hydrogens (tertiary/aromatic N) is 1. The Labute approximate surface area is 224 Å². The van der Waals surface area contributed by atoms with Crippen molar-refractivity contribution in [3.05, 3.63) is 101 Å². The molecule has 0 aromatic heterocycles. The molecule has 3 aromatic rings. The van der Waals surface area contributed by atoms with Crippen molar-refractivity contribution >= 4 is 17.8 Å². The summed E-state index contributed by atoms with van der Waals surface area (Å²) in [5.41, 5.74) is 3.02. The van der Waals surface area contributed by atoms with Crippen molar-refractivity contribution in [1.82, 2.24) is 4.90 Å². The van der Waals surface area contributed by atoms with Crippen LogP contribution in [0.5, 0.6) is 5.75 Å². The van der Waals surface area contributed by atoms with Crippen LogP contribution < -0.4 is 4.74 Å². The van der Waals surface area contributed by atoms with E-state index in [2.05, 4.69) is 13.8 Å². The van der Waals surface area contributed by atoms with Crippen molar-refractivity contribution in [2.75, 3.05) is 13.2 Å². The minimum Gasteiger partial charge on any atom is -0.476 e. The van der Waals surface area contributed by atoms with E-state index in [0.29, 0.717) is 42.2 Å². The molecule has 0 saturated carbocycles. The van der Waals surface area contributed by atoms with E-state index >= 15 is 0 Å². The van der Waals surface area contributed by atoms with Gasteiger partial charge in [-0.2, -0.15) is 0 Å². The smallest absolute Gasteiger partial charge is 0.350 e. The van der Waals surface area contributed by atoms with Gasteiger partial charge in [0, 0.05) is 13.0 Å². The molecule has 0 saturated heterocycles. The topological polar surface area (TPSA) is 72.9 Å². The van der Waals surface area contributed by atoms with Gasteiger partial charge in [0.1, 0.15) is 5.75 Å². The fraction of sp³-hybridized carbons (Fsp3) is 0.344. The Hall–Kier alpha value is -3.93. The number of carbonyl (C=O) groups is 3. The Morgan fingerprint density at radius 1 is 0.868 bits per heavy atom. The molecule has 1 atom stereocenters. The number of esters is 1. The van der Waals surface area contributed by atoms with Crippen LogP contribution in [-0.2, 0) is 22.4 Å². The van der Waals surface area contributed by atoms with Crippen LogP contribution >= 0.6 is 0 Å². The summed E-state index contributed by atoms with van der Waals surface area (Å²) >= 11 is 0. The first kappa shape index (κ1) is 27.1. The van der Waals surface area contributed by atoms with Gasteiger partial charge in [-0.1, -0.05) is 62.4 Å². The van der Waals surface area contributed by atoms with Gasteiger partial charge in [0.05, 0.1) is 17.7 Å². The fourth-order valence-electron chi connectivity index (χ4n) is 4.71. The molecule has 0 N–H and O–H groups in total. The van der Waals surface area contributed by atoms with E-state index in [0.717, 1.165) is 17.5 Å². The van der Waals surface area contributed by atoms with Crippen LogP contribution in [0.15, 0.2) is 72.8 Å². The zero-order chi connectivity index (χ0) is 27.3. The zero-order valence-electron chi connectivity index (χ0n) is 22.5. The molecule has 198 valence electrons. The third-order valence-corrected chi connectivity index (χ3v) is 6.89. The molecule has 1 unspecified atom stereocenters. The maximum Gasteiger partial charge on any atom is 0.350 e. The molecular weight excluding hydrogens is 478 g/mol. The molecule has 3 aromatic carbocycles. The van der Waals surface area contributed by atoms with Gasteiger partial charge in [-0.05, 0) is 73.6 Å². The molecule has 0 aliphatic carbocycles. The SMILES string of the molecule is CCOC(=O)C(C)(Cc1ccc(CCCN2C(=O)c3ccccc3C2=O)cc1)Oc1ccc(C(C)C)cc1. The highest BCUT2D eigenvalue weighted by Gasteiger charge is 2.38. The molecule has 1 aliphatic heterocycles. The second-order valence-corrected chi connectivity index (χ2v) is 10.2. The van der Waals surface area contributed by atoms with Crippen LogP contribution in [0, 0.1) is 0 Å². The molecule has 0 spiro atoms. The van der Waals surface area contributed by atoms with E-state index in [1.54, 1.807) is 38.1 Å². The van der Waals surface area contributed by atoms with Gasteiger partial charge in [-0.3, -0.25) is 14.5 Å². The average molecular weight is 514 g/mol. The second kappa shape index (κ2) is 11.6. The molecule has 1 aliphatic rings. The normalized spacial score (nSPS) is 14.4. The number of hydrogen-bond donors (Lipinski definition) is 0. The number of fused-ring (bicyclic) bond motifs is 1. The summed E-state index contributed by atoms with van der Waals surface area (Å²) in [7, 11) is 0. The molecule has 2 amide bonds. The van der Waals surface area contributed by atoms with Crippen molar-refractivity contribution in [1.29, 1.82) is 0 Å². The summed E-state index contributed by atoms with van der Waals surface area (Å²) in [6, 6.07) is 22.8. The summed E-state index contributed by atoms with van der Waals surface area (Å²) < 4.78 is 11.6. The summed E-state index contributed by atoms with van der Waals surface area (Å²) in [6.07, 6.45) is 1.75. The van der Waals surface area contributed by atoms with E-state index in [-0.39, 0.29) is 18.4 Å². The van der Waals surface area contributed by atoms with Gasteiger partial charge in [-0.25, -0.2) is 4.79 Å². The molecule has 38 heavy (non-hydrogen) atoms. The number of amides is 2. The van der Waals surface area contributed by atoms with Crippen LogP contribution in [0.25, 0.3) is 0 Å². The van der Waals surface area contributed by atoms with Gasteiger partial charge < -0.3 is 9.47 Å². The molecule has 0 fully saturated rings. The minimum absolute atomic E-state index is 0.224. The van der Waals surface area contributed by atoms with Crippen LogP contribution in [0.1, 0.15) is 77.4 Å². The lowest BCUT2D eigenvalue weighted by molar-refractivity contribution is -0.160. The van der Waals surface area contributed by atoms with E-state index < -0.39 is 11.6 Å². The van der Waals surface area contributed by atoms with Crippen LogP contribution in [0.2, 0.25) is 0 Å². The van der Waals surface area contributed by atoms with E-state index in [1.807, 2.05) is 48.5 Å². The third-order valence-electron chi connectivity index (χ3n) is 6.89. The van der Waals surface area contributed by atoms with Gasteiger partial charge >= 0.3 is 5.97 Å². The maximum atomic E-state index is 12.9. The first-order valence-corrected chi connectivity index (χ1v) is 13.2. The standard InChI is InChI=1S/C32H35NO5/c1-5-37-31(36)32(4,38-26-18-16-25(17-19-26)22(2)3)21-24-14-12-23(13-15-24)9-8-20-33-29(34)27-10-6-7-11-28(27)30(33)35/h6-7,10-19,22H,5,8-9,20-21H2,1-4H3. The van der Waals surface area contributed by atoms with E-state index in [9.17, 15) is 14.4 Å². The fourth-order valence-corrected chi connectivity index (χ4v) is 4.71. The van der Waals surface area contributed by atoms with Gasteiger partial charge in [0.15, 0.2) is 0 Å². The molecule has 0 bridgehead atoms. The molecule has 4 rings (SSSR count). The molecule has 6 heteroatoms. The van der Waals surface area contributed by atoms with E-state index in [4.69, 9.17) is 9.47 Å². The Kier molecular flexibility index (Phi) is 8.30. The number of carbonyl (C=O) groups excluding carboxylic acids is 3. The lowest BCUT2D eigenvalue weighted by Gasteiger charge is -2.29. The Morgan fingerprint density at radius 3 is 2.00 bits per heavy atom. The van der Waals surface area contributed by atoms with Crippen molar-refractivity contribution in [3.63, 3.8) is 0 Å². The highest BCUT2D eigenvalue weighted by atomic mass is 16.6. The first-order valence-electron chi connectivity index (χ1n) is 13.2. The van der Waals surface area contributed by atoms with Gasteiger partial charge in [-0.15, -0.1) is 0 Å². The second-order valence-electron chi connectivity index (χ2n) is 10.2. The first-order chi connectivity index (χ1) is 18.2.